The fraction of sp³-hybridized carbons (Fsp3) is 0.200. The summed E-state index contributed by atoms with van der Waals surface area (Å²) in [4.78, 5) is 5.45. The first-order chi connectivity index (χ1) is 12.6. The monoisotopic (exact) mass is 367 g/mol. The Morgan fingerprint density at radius 1 is 1.23 bits per heavy atom. The van der Waals surface area contributed by atoms with Crippen molar-refractivity contribution in [3.8, 4) is 17.0 Å². The van der Waals surface area contributed by atoms with E-state index < -0.39 is 0 Å². The summed E-state index contributed by atoms with van der Waals surface area (Å²) in [6.45, 7) is 8.37. The SMILES string of the molecule is C=C(C)CN=c1scc(-c2ccc(OC)cc2)n1N=C(C)c1ccco1. The zero-order chi connectivity index (χ0) is 18.5. The molecule has 3 rings (SSSR count). The van der Waals surface area contributed by atoms with Gasteiger partial charge in [-0.3, -0.25) is 4.99 Å². The average Bonchev–Trinajstić information content (AvgIpc) is 3.30. The van der Waals surface area contributed by atoms with Crippen LogP contribution in [0, 0.1) is 0 Å². The van der Waals surface area contributed by atoms with Gasteiger partial charge in [0.1, 0.15) is 17.2 Å². The highest BCUT2D eigenvalue weighted by atomic mass is 32.1. The first-order valence-corrected chi connectivity index (χ1v) is 9.05. The molecule has 0 amide bonds. The lowest BCUT2D eigenvalue weighted by Gasteiger charge is -2.06. The quantitative estimate of drug-likeness (QED) is 0.473. The topological polar surface area (TPSA) is 52.0 Å². The van der Waals surface area contributed by atoms with E-state index in [1.807, 2.05) is 54.9 Å². The number of nitrogens with zero attached hydrogens (tertiary/aromatic N) is 3. The second kappa shape index (κ2) is 8.01. The molecule has 0 fully saturated rings. The Balaban J connectivity index is 2.11. The van der Waals surface area contributed by atoms with Gasteiger partial charge in [-0.2, -0.15) is 5.10 Å². The summed E-state index contributed by atoms with van der Waals surface area (Å²) in [5.41, 5.74) is 3.78. The van der Waals surface area contributed by atoms with Crippen LogP contribution in [0.4, 0.5) is 0 Å². The Morgan fingerprint density at radius 2 is 2.00 bits per heavy atom. The van der Waals surface area contributed by atoms with E-state index in [-0.39, 0.29) is 0 Å². The highest BCUT2D eigenvalue weighted by Crippen LogP contribution is 2.23. The summed E-state index contributed by atoms with van der Waals surface area (Å²) < 4.78 is 12.6. The van der Waals surface area contributed by atoms with E-state index in [4.69, 9.17) is 14.3 Å². The van der Waals surface area contributed by atoms with Crippen molar-refractivity contribution >= 4 is 17.0 Å². The van der Waals surface area contributed by atoms with Crippen LogP contribution in [0.1, 0.15) is 19.6 Å². The highest BCUT2D eigenvalue weighted by Gasteiger charge is 2.10. The van der Waals surface area contributed by atoms with Gasteiger partial charge in [0.25, 0.3) is 0 Å². The van der Waals surface area contributed by atoms with Crippen molar-refractivity contribution in [2.45, 2.75) is 13.8 Å². The third kappa shape index (κ3) is 4.03. The molecule has 0 aliphatic carbocycles. The maximum Gasteiger partial charge on any atom is 0.206 e. The minimum Gasteiger partial charge on any atom is -0.497 e. The van der Waals surface area contributed by atoms with Crippen molar-refractivity contribution in [3.63, 3.8) is 0 Å². The second-order valence-corrected chi connectivity index (χ2v) is 6.72. The maximum absolute atomic E-state index is 5.46. The third-order valence-corrected chi connectivity index (χ3v) is 4.54. The normalized spacial score (nSPS) is 12.4. The van der Waals surface area contributed by atoms with Crippen LogP contribution in [0.5, 0.6) is 5.75 Å². The van der Waals surface area contributed by atoms with E-state index in [0.717, 1.165) is 38.9 Å². The Kier molecular flexibility index (Phi) is 5.53. The Morgan fingerprint density at radius 3 is 2.62 bits per heavy atom. The second-order valence-electron chi connectivity index (χ2n) is 5.88. The zero-order valence-electron chi connectivity index (χ0n) is 15.1. The van der Waals surface area contributed by atoms with Gasteiger partial charge in [-0.1, -0.05) is 12.2 Å². The van der Waals surface area contributed by atoms with Gasteiger partial charge in [0, 0.05) is 10.9 Å². The van der Waals surface area contributed by atoms with Crippen LogP contribution >= 0.6 is 11.3 Å². The Bertz CT molecular complexity index is 977. The number of aromatic nitrogens is 1. The Labute approximate surface area is 156 Å². The van der Waals surface area contributed by atoms with Gasteiger partial charge >= 0.3 is 0 Å². The number of methoxy groups -OCH3 is 1. The van der Waals surface area contributed by atoms with Crippen LogP contribution in [-0.2, 0) is 0 Å². The fourth-order valence-electron chi connectivity index (χ4n) is 2.35. The van der Waals surface area contributed by atoms with Crippen LogP contribution < -0.4 is 9.54 Å². The summed E-state index contributed by atoms with van der Waals surface area (Å²) in [5, 5.41) is 6.81. The molecule has 0 N–H and O–H groups in total. The van der Waals surface area contributed by atoms with E-state index in [1.54, 1.807) is 24.7 Å². The molecule has 0 aliphatic heterocycles. The molecular formula is C20H21N3O2S. The molecule has 0 atom stereocenters. The number of hydrogen-bond acceptors (Lipinski definition) is 5. The molecule has 134 valence electrons. The van der Waals surface area contributed by atoms with Gasteiger partial charge in [0.05, 0.1) is 25.6 Å². The zero-order valence-corrected chi connectivity index (χ0v) is 15.9. The van der Waals surface area contributed by atoms with Crippen LogP contribution in [0.15, 0.2) is 74.7 Å². The lowest BCUT2D eigenvalue weighted by atomic mass is 10.2. The van der Waals surface area contributed by atoms with Crippen molar-refractivity contribution in [3.05, 3.63) is 70.8 Å². The van der Waals surface area contributed by atoms with E-state index in [9.17, 15) is 0 Å². The molecule has 0 aliphatic rings. The minimum absolute atomic E-state index is 0.567. The third-order valence-electron chi connectivity index (χ3n) is 3.68. The van der Waals surface area contributed by atoms with Gasteiger partial charge in [-0.15, -0.1) is 11.3 Å². The van der Waals surface area contributed by atoms with Gasteiger partial charge in [0.15, 0.2) is 0 Å². The molecule has 0 spiro atoms. The summed E-state index contributed by atoms with van der Waals surface area (Å²) in [6, 6.07) is 11.6. The number of thiazole rings is 1. The smallest absolute Gasteiger partial charge is 0.206 e. The number of furan rings is 1. The molecule has 6 heteroatoms. The molecule has 0 saturated heterocycles. The molecule has 3 aromatic rings. The van der Waals surface area contributed by atoms with Gasteiger partial charge < -0.3 is 9.15 Å². The van der Waals surface area contributed by atoms with E-state index in [1.165, 1.54) is 0 Å². The predicted molar refractivity (Wildman–Crippen MR) is 106 cm³/mol. The van der Waals surface area contributed by atoms with Crippen LogP contribution in [-0.4, -0.2) is 24.0 Å². The summed E-state index contributed by atoms with van der Waals surface area (Å²) in [5.74, 6) is 1.55. The predicted octanol–water partition coefficient (Wildman–Crippen LogP) is 4.57. The van der Waals surface area contributed by atoms with Crippen LogP contribution in [0.3, 0.4) is 0 Å². The van der Waals surface area contributed by atoms with Crippen molar-refractivity contribution < 1.29 is 9.15 Å². The summed E-state index contributed by atoms with van der Waals surface area (Å²) >= 11 is 1.55. The summed E-state index contributed by atoms with van der Waals surface area (Å²) in [7, 11) is 1.66. The van der Waals surface area contributed by atoms with Crippen molar-refractivity contribution in [2.24, 2.45) is 10.1 Å². The van der Waals surface area contributed by atoms with E-state index in [2.05, 4.69) is 17.0 Å². The molecule has 0 unspecified atom stereocenters. The molecule has 0 bridgehead atoms. The molecule has 2 heterocycles. The fourth-order valence-corrected chi connectivity index (χ4v) is 3.18. The first-order valence-electron chi connectivity index (χ1n) is 8.18. The number of hydrogen-bond donors (Lipinski definition) is 0. The Hall–Kier alpha value is -2.86. The number of benzene rings is 1. The lowest BCUT2D eigenvalue weighted by molar-refractivity contribution is 0.415. The molecular weight excluding hydrogens is 346 g/mol. The van der Waals surface area contributed by atoms with Crippen molar-refractivity contribution in [2.75, 3.05) is 13.7 Å². The molecule has 1 aromatic carbocycles. The minimum atomic E-state index is 0.567. The number of ether oxygens (including phenoxy) is 1. The standard InChI is InChI=1S/C20H21N3O2S/c1-14(2)12-21-20-23(22-15(3)19-6-5-11-25-19)18(13-26-20)16-7-9-17(24-4)10-8-16/h5-11,13H,1,12H2,2-4H3. The largest absolute Gasteiger partial charge is 0.497 e. The van der Waals surface area contributed by atoms with Gasteiger partial charge in [-0.25, -0.2) is 4.68 Å². The van der Waals surface area contributed by atoms with Gasteiger partial charge in [0.2, 0.25) is 4.80 Å². The average molecular weight is 367 g/mol. The van der Waals surface area contributed by atoms with Crippen LogP contribution in [0.25, 0.3) is 11.3 Å². The molecule has 5 nitrogen and oxygen atoms in total. The molecule has 0 radical (unpaired) electrons. The first kappa shape index (κ1) is 17.9. The molecule has 0 saturated carbocycles. The highest BCUT2D eigenvalue weighted by molar-refractivity contribution is 7.07. The lowest BCUT2D eigenvalue weighted by Crippen LogP contribution is -2.14. The van der Waals surface area contributed by atoms with E-state index >= 15 is 0 Å². The van der Waals surface area contributed by atoms with Gasteiger partial charge in [-0.05, 0) is 50.2 Å². The summed E-state index contributed by atoms with van der Waals surface area (Å²) in [6.07, 6.45) is 1.64. The molecule has 2 aromatic heterocycles. The van der Waals surface area contributed by atoms with Crippen molar-refractivity contribution in [1.82, 2.24) is 4.68 Å². The maximum atomic E-state index is 5.46. The van der Waals surface area contributed by atoms with Crippen LogP contribution in [0.2, 0.25) is 0 Å². The van der Waals surface area contributed by atoms with E-state index in [0.29, 0.717) is 6.54 Å². The van der Waals surface area contributed by atoms with Crippen molar-refractivity contribution in [1.29, 1.82) is 0 Å². The number of rotatable bonds is 6. The molecule has 26 heavy (non-hydrogen) atoms.